The standard InChI is InChI=1S/C19H24N4OS/c1-13-6-2-4-8-15(13)21-18(24)12-25-19-22-16-9-5-3-7-14(16)17-10-11-20-23(17)19/h3,5,7,9,11,13,15,17H,2,4,6,8,10,12H2,1H3,(H,21,24)/t13-,15-,17+/m0/s1. The summed E-state index contributed by atoms with van der Waals surface area (Å²) in [5.41, 5.74) is 2.21. The highest BCUT2D eigenvalue weighted by Crippen LogP contribution is 2.40. The molecule has 3 aliphatic rings. The Morgan fingerprint density at radius 1 is 1.32 bits per heavy atom. The molecule has 0 unspecified atom stereocenters. The molecule has 25 heavy (non-hydrogen) atoms. The van der Waals surface area contributed by atoms with E-state index in [0.29, 0.717) is 17.7 Å². The van der Waals surface area contributed by atoms with Crippen LogP contribution in [0.2, 0.25) is 0 Å². The van der Waals surface area contributed by atoms with Crippen LogP contribution in [0, 0.1) is 5.92 Å². The van der Waals surface area contributed by atoms with E-state index in [4.69, 9.17) is 4.99 Å². The molecule has 4 rings (SSSR count). The summed E-state index contributed by atoms with van der Waals surface area (Å²) in [7, 11) is 0. The number of nitrogens with zero attached hydrogens (tertiary/aromatic N) is 3. The zero-order valence-corrected chi connectivity index (χ0v) is 15.3. The number of amidine groups is 1. The van der Waals surface area contributed by atoms with Gasteiger partial charge < -0.3 is 5.32 Å². The topological polar surface area (TPSA) is 57.1 Å². The Bertz CT molecular complexity index is 717. The fraction of sp³-hybridized carbons (Fsp3) is 0.526. The van der Waals surface area contributed by atoms with E-state index in [2.05, 4.69) is 23.4 Å². The SMILES string of the molecule is C[C@H]1CCCC[C@@H]1NC(=O)CSC1=Nc2ccccc2[C@H]2CC=NN12. The Hall–Kier alpha value is -1.82. The van der Waals surface area contributed by atoms with Crippen LogP contribution in [0.1, 0.15) is 50.6 Å². The maximum Gasteiger partial charge on any atom is 0.230 e. The molecule has 1 aliphatic carbocycles. The number of carbonyl (C=O) groups is 1. The molecule has 0 bridgehead atoms. The van der Waals surface area contributed by atoms with Crippen LogP contribution in [0.25, 0.3) is 0 Å². The van der Waals surface area contributed by atoms with Gasteiger partial charge in [0, 0.05) is 24.2 Å². The van der Waals surface area contributed by atoms with Crippen molar-refractivity contribution in [1.82, 2.24) is 10.3 Å². The normalized spacial score (nSPS) is 27.5. The number of hydrogen-bond donors (Lipinski definition) is 1. The monoisotopic (exact) mass is 356 g/mol. The molecule has 1 N–H and O–H groups in total. The summed E-state index contributed by atoms with van der Waals surface area (Å²) in [4.78, 5) is 17.1. The van der Waals surface area contributed by atoms with E-state index in [-0.39, 0.29) is 11.9 Å². The molecule has 2 heterocycles. The van der Waals surface area contributed by atoms with Crippen LogP contribution >= 0.6 is 11.8 Å². The second-order valence-corrected chi connectivity index (χ2v) is 8.01. The molecular formula is C19H24N4OS. The van der Waals surface area contributed by atoms with Gasteiger partial charge in [0.1, 0.15) is 0 Å². The summed E-state index contributed by atoms with van der Waals surface area (Å²) in [6, 6.07) is 8.75. The van der Waals surface area contributed by atoms with Gasteiger partial charge in [-0.15, -0.1) is 0 Å². The highest BCUT2D eigenvalue weighted by atomic mass is 32.2. The first-order valence-electron chi connectivity index (χ1n) is 9.14. The molecule has 1 saturated carbocycles. The maximum atomic E-state index is 12.4. The van der Waals surface area contributed by atoms with Crippen LogP contribution in [0.5, 0.6) is 0 Å². The van der Waals surface area contributed by atoms with Gasteiger partial charge in [-0.05, 0) is 24.8 Å². The molecule has 5 nitrogen and oxygen atoms in total. The summed E-state index contributed by atoms with van der Waals surface area (Å²) in [5, 5.41) is 10.5. The van der Waals surface area contributed by atoms with E-state index in [0.717, 1.165) is 23.7 Å². The number of thioether (sulfide) groups is 1. The number of amides is 1. The summed E-state index contributed by atoms with van der Waals surface area (Å²) >= 11 is 1.49. The lowest BCUT2D eigenvalue weighted by Crippen LogP contribution is -2.42. The highest BCUT2D eigenvalue weighted by molar-refractivity contribution is 8.14. The Morgan fingerprint density at radius 2 is 2.16 bits per heavy atom. The molecular weight excluding hydrogens is 332 g/mol. The Kier molecular flexibility index (Phi) is 4.79. The smallest absolute Gasteiger partial charge is 0.230 e. The van der Waals surface area contributed by atoms with E-state index < -0.39 is 0 Å². The van der Waals surface area contributed by atoms with Crippen LogP contribution in [-0.4, -0.2) is 34.1 Å². The molecule has 0 spiro atoms. The van der Waals surface area contributed by atoms with Crippen LogP contribution in [0.3, 0.4) is 0 Å². The third-order valence-electron chi connectivity index (χ3n) is 5.33. The number of rotatable bonds is 3. The predicted octanol–water partition coefficient (Wildman–Crippen LogP) is 3.85. The van der Waals surface area contributed by atoms with Crippen molar-refractivity contribution >= 4 is 34.7 Å². The van der Waals surface area contributed by atoms with Crippen LogP contribution in [0.15, 0.2) is 34.4 Å². The number of fused-ring (bicyclic) bond motifs is 3. The van der Waals surface area contributed by atoms with Crippen molar-refractivity contribution in [2.45, 2.75) is 51.1 Å². The molecule has 1 fully saturated rings. The lowest BCUT2D eigenvalue weighted by molar-refractivity contribution is -0.119. The number of hydrogen-bond acceptors (Lipinski definition) is 5. The zero-order valence-electron chi connectivity index (χ0n) is 14.5. The van der Waals surface area contributed by atoms with Crippen molar-refractivity contribution in [2.24, 2.45) is 16.0 Å². The van der Waals surface area contributed by atoms with Crippen molar-refractivity contribution in [3.05, 3.63) is 29.8 Å². The first kappa shape index (κ1) is 16.6. The number of para-hydroxylation sites is 1. The minimum atomic E-state index is 0.102. The lowest BCUT2D eigenvalue weighted by Gasteiger charge is -2.31. The largest absolute Gasteiger partial charge is 0.352 e. The van der Waals surface area contributed by atoms with Crippen LogP contribution in [-0.2, 0) is 4.79 Å². The van der Waals surface area contributed by atoms with Gasteiger partial charge in [0.15, 0.2) is 5.17 Å². The van der Waals surface area contributed by atoms with Gasteiger partial charge in [-0.1, -0.05) is 49.7 Å². The Balaban J connectivity index is 1.41. The number of aliphatic imine (C=N–C) groups is 1. The van der Waals surface area contributed by atoms with E-state index in [9.17, 15) is 4.79 Å². The van der Waals surface area contributed by atoms with E-state index in [1.165, 1.54) is 36.6 Å². The molecule has 0 saturated heterocycles. The Labute approximate surface area is 153 Å². The quantitative estimate of drug-likeness (QED) is 0.895. The number of nitrogens with one attached hydrogen (secondary N) is 1. The van der Waals surface area contributed by atoms with Gasteiger partial charge in [0.05, 0.1) is 17.5 Å². The van der Waals surface area contributed by atoms with Crippen molar-refractivity contribution in [3.8, 4) is 0 Å². The number of carbonyl (C=O) groups excluding carboxylic acids is 1. The summed E-state index contributed by atoms with van der Waals surface area (Å²) in [5.74, 6) is 1.07. The van der Waals surface area contributed by atoms with Crippen molar-refractivity contribution < 1.29 is 4.79 Å². The van der Waals surface area contributed by atoms with Crippen LogP contribution in [0.4, 0.5) is 5.69 Å². The maximum absolute atomic E-state index is 12.4. The van der Waals surface area contributed by atoms with Crippen molar-refractivity contribution in [2.75, 3.05) is 5.75 Å². The average Bonchev–Trinajstić information content (AvgIpc) is 3.12. The fourth-order valence-electron chi connectivity index (χ4n) is 3.89. The van der Waals surface area contributed by atoms with Gasteiger partial charge >= 0.3 is 0 Å². The fourth-order valence-corrected chi connectivity index (χ4v) is 4.70. The predicted molar refractivity (Wildman–Crippen MR) is 103 cm³/mol. The molecule has 0 radical (unpaired) electrons. The summed E-state index contributed by atoms with van der Waals surface area (Å²) in [6.07, 6.45) is 7.65. The minimum absolute atomic E-state index is 0.102. The molecule has 2 aliphatic heterocycles. The van der Waals surface area contributed by atoms with Gasteiger partial charge in [0.25, 0.3) is 0 Å². The number of hydrazone groups is 1. The highest BCUT2D eigenvalue weighted by Gasteiger charge is 2.33. The molecule has 0 aromatic heterocycles. The van der Waals surface area contributed by atoms with Gasteiger partial charge in [-0.25, -0.2) is 10.0 Å². The van der Waals surface area contributed by atoms with Gasteiger partial charge in [0.2, 0.25) is 5.91 Å². The van der Waals surface area contributed by atoms with E-state index >= 15 is 0 Å². The molecule has 3 atom stereocenters. The first-order chi connectivity index (χ1) is 12.2. The molecule has 1 aromatic carbocycles. The summed E-state index contributed by atoms with van der Waals surface area (Å²) < 4.78 is 0. The first-order valence-corrected chi connectivity index (χ1v) is 10.1. The molecule has 132 valence electrons. The Morgan fingerprint density at radius 3 is 3.04 bits per heavy atom. The molecule has 1 aromatic rings. The van der Waals surface area contributed by atoms with E-state index in [1.807, 2.05) is 29.4 Å². The molecule has 6 heteroatoms. The minimum Gasteiger partial charge on any atom is -0.352 e. The lowest BCUT2D eigenvalue weighted by atomic mass is 9.86. The van der Waals surface area contributed by atoms with Crippen molar-refractivity contribution in [1.29, 1.82) is 0 Å². The summed E-state index contributed by atoms with van der Waals surface area (Å²) in [6.45, 7) is 2.24. The number of benzene rings is 1. The third-order valence-corrected chi connectivity index (χ3v) is 6.27. The second-order valence-electron chi connectivity index (χ2n) is 7.07. The third kappa shape index (κ3) is 3.45. The second kappa shape index (κ2) is 7.20. The van der Waals surface area contributed by atoms with Gasteiger partial charge in [-0.3, -0.25) is 4.79 Å². The van der Waals surface area contributed by atoms with Crippen molar-refractivity contribution in [3.63, 3.8) is 0 Å². The van der Waals surface area contributed by atoms with E-state index in [1.54, 1.807) is 0 Å². The molecule has 1 amide bonds. The average molecular weight is 356 g/mol. The van der Waals surface area contributed by atoms with Crippen LogP contribution < -0.4 is 5.32 Å². The van der Waals surface area contributed by atoms with Gasteiger partial charge in [-0.2, -0.15) is 5.10 Å². The zero-order chi connectivity index (χ0) is 17.2.